The van der Waals surface area contributed by atoms with E-state index in [1.54, 1.807) is 0 Å². The van der Waals surface area contributed by atoms with Crippen LogP contribution in [0.4, 0.5) is 0 Å². The highest BCUT2D eigenvalue weighted by Gasteiger charge is 2.10. The minimum atomic E-state index is 0.732. The first-order valence-electron chi connectivity index (χ1n) is 34.0. The van der Waals surface area contributed by atoms with E-state index in [4.69, 9.17) is 18.9 Å². The van der Waals surface area contributed by atoms with Gasteiger partial charge in [0.25, 0.3) is 0 Å². The molecular weight excluding hydrogens is 977 g/mol. The van der Waals surface area contributed by atoms with E-state index in [9.17, 15) is 0 Å². The Hall–Kier alpha value is -4.44. The lowest BCUT2D eigenvalue weighted by atomic mass is 10.0. The van der Waals surface area contributed by atoms with Crippen molar-refractivity contribution in [2.75, 3.05) is 26.4 Å². The minimum absolute atomic E-state index is 0.732. The molecule has 0 amide bonds. The first-order chi connectivity index (χ1) is 39.6. The Balaban J connectivity index is 1.29. The van der Waals surface area contributed by atoms with E-state index in [0.29, 0.717) is 0 Å². The molecule has 0 saturated carbocycles. The Kier molecular flexibility index (Phi) is 40.9. The summed E-state index contributed by atoms with van der Waals surface area (Å²) in [7, 11) is 0. The molecule has 0 aliphatic heterocycles. The lowest BCUT2D eigenvalue weighted by Gasteiger charge is -2.14. The van der Waals surface area contributed by atoms with Gasteiger partial charge in [0, 0.05) is 0 Å². The van der Waals surface area contributed by atoms with Crippen LogP contribution in [0.15, 0.2) is 84.9 Å². The maximum absolute atomic E-state index is 6.47. The van der Waals surface area contributed by atoms with E-state index >= 15 is 0 Å². The number of benzene rings is 4. The van der Waals surface area contributed by atoms with Gasteiger partial charge < -0.3 is 18.9 Å². The minimum Gasteiger partial charge on any atom is -0.490 e. The Morgan fingerprint density at radius 2 is 0.412 bits per heavy atom. The van der Waals surface area contributed by atoms with Crippen molar-refractivity contribution in [1.82, 2.24) is 0 Å². The molecule has 0 saturated heterocycles. The zero-order valence-electron chi connectivity index (χ0n) is 52.1. The topological polar surface area (TPSA) is 36.9 Å². The van der Waals surface area contributed by atoms with E-state index in [1.165, 1.54) is 253 Å². The van der Waals surface area contributed by atoms with Crippen molar-refractivity contribution in [2.45, 2.75) is 285 Å². The van der Waals surface area contributed by atoms with Crippen molar-refractivity contribution in [3.8, 4) is 34.1 Å². The summed E-state index contributed by atoms with van der Waals surface area (Å²) >= 11 is 0. The van der Waals surface area contributed by atoms with Gasteiger partial charge in [0.15, 0.2) is 23.0 Å². The first-order valence-corrected chi connectivity index (χ1v) is 34.0. The number of unbranched alkanes of at least 4 members (excludes halogenated alkanes) is 36. The number of ether oxygens (including phenoxy) is 4. The van der Waals surface area contributed by atoms with Crippen LogP contribution in [0.2, 0.25) is 0 Å². The van der Waals surface area contributed by atoms with Crippen LogP contribution in [0.3, 0.4) is 0 Å². The SMILES string of the molecule is CCCCCCCCCCCCOc1ccc(/C=C/c2ccc(-c3ccc(/C=C/c4ccc(OCCCCCCCCCCCC)c(OCCCCCCCCCCCC)c4)cc3)cc2)cc1OCCCCCCCCCCCC. The second kappa shape index (κ2) is 48.1. The third kappa shape index (κ3) is 33.5. The molecule has 80 heavy (non-hydrogen) atoms. The lowest BCUT2D eigenvalue weighted by Crippen LogP contribution is -2.03. The molecule has 4 nitrogen and oxygen atoms in total. The molecule has 4 aromatic rings. The van der Waals surface area contributed by atoms with Gasteiger partial charge in [0.2, 0.25) is 0 Å². The summed E-state index contributed by atoms with van der Waals surface area (Å²) in [6.07, 6.45) is 61.7. The second-order valence-corrected chi connectivity index (χ2v) is 23.4. The second-order valence-electron chi connectivity index (χ2n) is 23.4. The smallest absolute Gasteiger partial charge is 0.161 e. The summed E-state index contributed by atoms with van der Waals surface area (Å²) in [5.74, 6) is 3.49. The van der Waals surface area contributed by atoms with Gasteiger partial charge in [-0.1, -0.05) is 344 Å². The van der Waals surface area contributed by atoms with Crippen LogP contribution in [0.25, 0.3) is 35.4 Å². The molecule has 0 unspecified atom stereocenters. The van der Waals surface area contributed by atoms with Crippen molar-refractivity contribution in [3.63, 3.8) is 0 Å². The van der Waals surface area contributed by atoms with E-state index in [-0.39, 0.29) is 0 Å². The molecule has 0 bridgehead atoms. The van der Waals surface area contributed by atoms with Crippen molar-refractivity contribution >= 4 is 24.3 Å². The number of hydrogen-bond acceptors (Lipinski definition) is 4. The zero-order valence-corrected chi connectivity index (χ0v) is 52.1. The normalized spacial score (nSPS) is 11.6. The maximum atomic E-state index is 6.47. The molecule has 0 radical (unpaired) electrons. The molecule has 0 aliphatic carbocycles. The average molecular weight is 1100 g/mol. The molecule has 4 aromatic carbocycles. The van der Waals surface area contributed by atoms with Crippen molar-refractivity contribution in [2.24, 2.45) is 0 Å². The van der Waals surface area contributed by atoms with E-state index in [2.05, 4.69) is 137 Å². The Morgan fingerprint density at radius 1 is 0.212 bits per heavy atom. The Bertz CT molecular complexity index is 1950. The standard InChI is InChI=1S/C76H118O4/c1-5-9-13-17-21-25-29-33-37-41-61-77-73-59-53-69(65-75(73)79-63-43-39-35-31-27-23-19-15-11-7-3)47-45-67-49-55-71(56-50-67)72-57-51-68(52-58-72)46-48-70-54-60-74(78-62-42-38-34-30-26-22-18-14-10-6-2)76(66-70)80-64-44-40-36-32-28-24-20-16-12-8-4/h45-60,65-66H,5-44,61-64H2,1-4H3/b47-45+,48-46+. The molecule has 0 aromatic heterocycles. The summed E-state index contributed by atoms with van der Waals surface area (Å²) < 4.78 is 25.7. The molecule has 0 N–H and O–H groups in total. The molecular formula is C76H118O4. The summed E-state index contributed by atoms with van der Waals surface area (Å²) in [5.41, 5.74) is 7.01. The Labute approximate surface area is 493 Å². The fraction of sp³-hybridized carbons (Fsp3) is 0.632. The van der Waals surface area contributed by atoms with Gasteiger partial charge >= 0.3 is 0 Å². The van der Waals surface area contributed by atoms with Gasteiger partial charge in [0.1, 0.15) is 0 Å². The molecule has 446 valence electrons. The van der Waals surface area contributed by atoms with Crippen LogP contribution in [0, 0.1) is 0 Å². The third-order valence-electron chi connectivity index (χ3n) is 16.0. The Morgan fingerprint density at radius 3 is 0.662 bits per heavy atom. The maximum Gasteiger partial charge on any atom is 0.161 e. The van der Waals surface area contributed by atoms with Gasteiger partial charge in [-0.05, 0) is 83.3 Å². The quantitative estimate of drug-likeness (QED) is 0.0326. The third-order valence-corrected chi connectivity index (χ3v) is 16.0. The van der Waals surface area contributed by atoms with Crippen molar-refractivity contribution in [3.05, 3.63) is 107 Å². The van der Waals surface area contributed by atoms with Gasteiger partial charge in [0.05, 0.1) is 26.4 Å². The fourth-order valence-corrected chi connectivity index (χ4v) is 10.8. The van der Waals surface area contributed by atoms with Crippen LogP contribution in [0.1, 0.15) is 307 Å². The van der Waals surface area contributed by atoms with Crippen molar-refractivity contribution < 1.29 is 18.9 Å². The highest BCUT2D eigenvalue weighted by molar-refractivity contribution is 5.75. The van der Waals surface area contributed by atoms with E-state index in [1.807, 2.05) is 0 Å². The van der Waals surface area contributed by atoms with Crippen molar-refractivity contribution in [1.29, 1.82) is 0 Å². The van der Waals surface area contributed by atoms with Gasteiger partial charge in [-0.15, -0.1) is 0 Å². The molecule has 0 aliphatic rings. The average Bonchev–Trinajstić information content (AvgIpc) is 3.49. The predicted octanol–water partition coefficient (Wildman–Crippen LogP) is 24.9. The first kappa shape index (κ1) is 68.1. The molecule has 0 fully saturated rings. The van der Waals surface area contributed by atoms with Crippen LogP contribution in [-0.4, -0.2) is 26.4 Å². The molecule has 0 heterocycles. The summed E-state index contributed by atoms with van der Waals surface area (Å²) in [6.45, 7) is 12.1. The molecule has 0 spiro atoms. The van der Waals surface area contributed by atoms with Gasteiger partial charge in [-0.25, -0.2) is 0 Å². The van der Waals surface area contributed by atoms with E-state index in [0.717, 1.165) is 86.2 Å². The van der Waals surface area contributed by atoms with E-state index < -0.39 is 0 Å². The largest absolute Gasteiger partial charge is 0.490 e. The molecule has 4 rings (SSSR count). The highest BCUT2D eigenvalue weighted by atomic mass is 16.5. The highest BCUT2D eigenvalue weighted by Crippen LogP contribution is 2.32. The predicted molar refractivity (Wildman–Crippen MR) is 352 cm³/mol. The molecule has 0 atom stereocenters. The summed E-state index contributed by atoms with van der Waals surface area (Å²) in [6, 6.07) is 30.7. The number of rotatable bonds is 53. The monoisotopic (exact) mass is 1090 g/mol. The van der Waals surface area contributed by atoms with Gasteiger partial charge in [-0.2, -0.15) is 0 Å². The summed E-state index contributed by atoms with van der Waals surface area (Å²) in [4.78, 5) is 0. The number of hydrogen-bond donors (Lipinski definition) is 0. The van der Waals surface area contributed by atoms with Crippen LogP contribution in [-0.2, 0) is 0 Å². The van der Waals surface area contributed by atoms with Crippen LogP contribution in [0.5, 0.6) is 23.0 Å². The van der Waals surface area contributed by atoms with Gasteiger partial charge in [-0.3, -0.25) is 0 Å². The zero-order chi connectivity index (χ0) is 56.4. The fourth-order valence-electron chi connectivity index (χ4n) is 10.8. The molecule has 4 heteroatoms. The van der Waals surface area contributed by atoms with Crippen LogP contribution < -0.4 is 18.9 Å². The lowest BCUT2D eigenvalue weighted by molar-refractivity contribution is 0.258. The summed E-state index contributed by atoms with van der Waals surface area (Å²) in [5, 5.41) is 0. The van der Waals surface area contributed by atoms with Crippen LogP contribution >= 0.6 is 0 Å².